The van der Waals surface area contributed by atoms with Crippen LogP contribution in [0.5, 0.6) is 0 Å². The molecule has 0 N–H and O–H groups in total. The van der Waals surface area contributed by atoms with Crippen LogP contribution in [0.1, 0.15) is 26.6 Å². The molecule has 0 fully saturated rings. The predicted octanol–water partition coefficient (Wildman–Crippen LogP) is 2.59. The molecule has 94 valence electrons. The Bertz CT molecular complexity index is 597. The molecular weight excluding hydrogens is 244 g/mol. The molecule has 3 nitrogen and oxygen atoms in total. The first-order valence-electron chi connectivity index (χ1n) is 6.13. The van der Waals surface area contributed by atoms with Crippen LogP contribution >= 0.6 is 11.3 Å². The number of fused-ring (bicyclic) bond motifs is 1. The molecule has 4 heteroatoms. The molecule has 1 amide bonds. The second-order valence-electron chi connectivity index (χ2n) is 4.76. The van der Waals surface area contributed by atoms with Gasteiger partial charge in [0.1, 0.15) is 5.69 Å². The van der Waals surface area contributed by atoms with E-state index < -0.39 is 0 Å². The number of carbonyl (C=O) groups excluding carboxylic acids is 1. The van der Waals surface area contributed by atoms with Crippen molar-refractivity contribution < 1.29 is 4.79 Å². The van der Waals surface area contributed by atoms with Crippen LogP contribution in [-0.2, 0) is 20.0 Å². The highest BCUT2D eigenvalue weighted by atomic mass is 32.1. The van der Waals surface area contributed by atoms with Gasteiger partial charge >= 0.3 is 0 Å². The van der Waals surface area contributed by atoms with Gasteiger partial charge in [-0.25, -0.2) is 0 Å². The largest absolute Gasteiger partial charge is 0.344 e. The third-order valence-corrected chi connectivity index (χ3v) is 4.71. The average molecular weight is 260 g/mol. The van der Waals surface area contributed by atoms with Crippen molar-refractivity contribution in [3.8, 4) is 0 Å². The molecule has 0 saturated carbocycles. The highest BCUT2D eigenvalue weighted by molar-refractivity contribution is 7.10. The molecule has 0 aromatic carbocycles. The van der Waals surface area contributed by atoms with Gasteiger partial charge < -0.3 is 9.47 Å². The molecule has 0 aliphatic carbocycles. The molecule has 0 saturated heterocycles. The van der Waals surface area contributed by atoms with E-state index in [-0.39, 0.29) is 5.91 Å². The molecule has 0 radical (unpaired) electrons. The summed E-state index contributed by atoms with van der Waals surface area (Å²) < 4.78 is 1.96. The topological polar surface area (TPSA) is 25.2 Å². The van der Waals surface area contributed by atoms with Gasteiger partial charge in [0.05, 0.1) is 0 Å². The lowest BCUT2D eigenvalue weighted by Gasteiger charge is -2.27. The Morgan fingerprint density at radius 3 is 2.89 bits per heavy atom. The van der Waals surface area contributed by atoms with Crippen molar-refractivity contribution in [2.24, 2.45) is 7.05 Å². The van der Waals surface area contributed by atoms with Gasteiger partial charge in [-0.1, -0.05) is 0 Å². The van der Waals surface area contributed by atoms with Crippen LogP contribution < -0.4 is 0 Å². The molecule has 1 aliphatic heterocycles. The van der Waals surface area contributed by atoms with E-state index >= 15 is 0 Å². The minimum atomic E-state index is 0.141. The number of thiophene rings is 1. The fraction of sp³-hybridized carbons (Fsp3) is 0.357. The first-order chi connectivity index (χ1) is 8.66. The standard InChI is InChI=1S/C14H16N2OS/c1-10-3-4-12(15(10)2)14(17)16-7-5-13-11(9-16)6-8-18-13/h3-4,6,8H,5,7,9H2,1-2H3. The third kappa shape index (κ3) is 1.77. The molecule has 18 heavy (non-hydrogen) atoms. The Morgan fingerprint density at radius 1 is 1.33 bits per heavy atom. The highest BCUT2D eigenvalue weighted by Crippen LogP contribution is 2.25. The zero-order valence-corrected chi connectivity index (χ0v) is 11.5. The summed E-state index contributed by atoms with van der Waals surface area (Å²) in [5, 5.41) is 2.12. The minimum Gasteiger partial charge on any atom is -0.344 e. The highest BCUT2D eigenvalue weighted by Gasteiger charge is 2.24. The lowest BCUT2D eigenvalue weighted by Crippen LogP contribution is -2.36. The number of carbonyl (C=O) groups is 1. The summed E-state index contributed by atoms with van der Waals surface area (Å²) >= 11 is 1.80. The van der Waals surface area contributed by atoms with Crippen molar-refractivity contribution in [2.75, 3.05) is 6.54 Å². The predicted molar refractivity (Wildman–Crippen MR) is 72.9 cm³/mol. The lowest BCUT2D eigenvalue weighted by molar-refractivity contribution is 0.0726. The van der Waals surface area contributed by atoms with Crippen LogP contribution in [0.3, 0.4) is 0 Å². The fourth-order valence-corrected chi connectivity index (χ4v) is 3.30. The third-order valence-electron chi connectivity index (χ3n) is 3.69. The number of hydrogen-bond donors (Lipinski definition) is 0. The van der Waals surface area contributed by atoms with Crippen LogP contribution in [0.25, 0.3) is 0 Å². The minimum absolute atomic E-state index is 0.141. The zero-order chi connectivity index (χ0) is 12.7. The Labute approximate surface area is 111 Å². The van der Waals surface area contributed by atoms with Gasteiger partial charge in [-0.3, -0.25) is 4.79 Å². The van der Waals surface area contributed by atoms with Crippen LogP contribution in [0.15, 0.2) is 23.6 Å². The number of aryl methyl sites for hydroxylation is 1. The molecule has 2 aromatic heterocycles. The monoisotopic (exact) mass is 260 g/mol. The van der Waals surface area contributed by atoms with E-state index in [9.17, 15) is 4.79 Å². The lowest BCUT2D eigenvalue weighted by atomic mass is 10.1. The maximum atomic E-state index is 12.5. The summed E-state index contributed by atoms with van der Waals surface area (Å²) in [4.78, 5) is 15.9. The summed E-state index contributed by atoms with van der Waals surface area (Å²) in [6, 6.07) is 6.05. The molecule has 0 atom stereocenters. The van der Waals surface area contributed by atoms with E-state index in [1.165, 1.54) is 10.4 Å². The Kier molecular flexibility index (Phi) is 2.74. The van der Waals surface area contributed by atoms with Crippen molar-refractivity contribution in [1.82, 2.24) is 9.47 Å². The van der Waals surface area contributed by atoms with Gasteiger partial charge in [-0.15, -0.1) is 11.3 Å². The van der Waals surface area contributed by atoms with E-state index in [0.29, 0.717) is 0 Å². The van der Waals surface area contributed by atoms with Gasteiger partial charge in [-0.2, -0.15) is 0 Å². The first-order valence-corrected chi connectivity index (χ1v) is 7.01. The van der Waals surface area contributed by atoms with Crippen molar-refractivity contribution in [3.05, 3.63) is 45.4 Å². The number of amides is 1. The molecule has 0 spiro atoms. The maximum absolute atomic E-state index is 12.5. The van der Waals surface area contributed by atoms with Gasteiger partial charge in [0.2, 0.25) is 0 Å². The molecule has 1 aliphatic rings. The summed E-state index contributed by atoms with van der Waals surface area (Å²) in [5.74, 6) is 0.141. The fourth-order valence-electron chi connectivity index (χ4n) is 2.41. The Morgan fingerprint density at radius 2 is 2.17 bits per heavy atom. The van der Waals surface area contributed by atoms with Crippen LogP contribution in [-0.4, -0.2) is 21.9 Å². The number of nitrogens with zero attached hydrogens (tertiary/aromatic N) is 2. The van der Waals surface area contributed by atoms with Gasteiger partial charge in [-0.05, 0) is 42.5 Å². The SMILES string of the molecule is Cc1ccc(C(=O)N2CCc3sccc3C2)n1C. The Hall–Kier alpha value is -1.55. The van der Waals surface area contributed by atoms with Crippen LogP contribution in [0.2, 0.25) is 0 Å². The van der Waals surface area contributed by atoms with Crippen molar-refractivity contribution in [1.29, 1.82) is 0 Å². The molecular formula is C14H16N2OS. The molecule has 0 bridgehead atoms. The van der Waals surface area contributed by atoms with E-state index in [1.807, 2.05) is 35.6 Å². The number of hydrogen-bond acceptors (Lipinski definition) is 2. The summed E-state index contributed by atoms with van der Waals surface area (Å²) in [6.45, 7) is 3.60. The molecule has 0 unspecified atom stereocenters. The summed E-state index contributed by atoms with van der Waals surface area (Å²) in [5.41, 5.74) is 3.21. The molecule has 3 heterocycles. The second-order valence-corrected chi connectivity index (χ2v) is 5.77. The normalized spacial score (nSPS) is 14.7. The molecule has 2 aromatic rings. The van der Waals surface area contributed by atoms with E-state index in [2.05, 4.69) is 11.4 Å². The van der Waals surface area contributed by atoms with E-state index in [1.54, 1.807) is 11.3 Å². The van der Waals surface area contributed by atoms with Crippen LogP contribution in [0.4, 0.5) is 0 Å². The number of rotatable bonds is 1. The van der Waals surface area contributed by atoms with Gasteiger partial charge in [0.25, 0.3) is 5.91 Å². The van der Waals surface area contributed by atoms with Crippen molar-refractivity contribution in [2.45, 2.75) is 19.9 Å². The zero-order valence-electron chi connectivity index (χ0n) is 10.6. The van der Waals surface area contributed by atoms with E-state index in [0.717, 1.165) is 30.9 Å². The van der Waals surface area contributed by atoms with Crippen LogP contribution in [0, 0.1) is 6.92 Å². The van der Waals surface area contributed by atoms with Gasteiger partial charge in [0.15, 0.2) is 0 Å². The molecule has 3 rings (SSSR count). The number of aromatic nitrogens is 1. The summed E-state index contributed by atoms with van der Waals surface area (Å²) in [6.07, 6.45) is 0.988. The quantitative estimate of drug-likeness (QED) is 0.773. The van der Waals surface area contributed by atoms with Crippen molar-refractivity contribution >= 4 is 17.2 Å². The van der Waals surface area contributed by atoms with Crippen molar-refractivity contribution in [3.63, 3.8) is 0 Å². The first kappa shape index (κ1) is 11.5. The summed E-state index contributed by atoms with van der Waals surface area (Å²) in [7, 11) is 1.95. The smallest absolute Gasteiger partial charge is 0.270 e. The van der Waals surface area contributed by atoms with Gasteiger partial charge in [0, 0.05) is 30.7 Å². The maximum Gasteiger partial charge on any atom is 0.270 e. The second kappa shape index (κ2) is 4.28. The Balaban J connectivity index is 1.85. The average Bonchev–Trinajstić information content (AvgIpc) is 2.96. The van der Waals surface area contributed by atoms with E-state index in [4.69, 9.17) is 0 Å².